The second kappa shape index (κ2) is 8.19. The zero-order valence-electron chi connectivity index (χ0n) is 11.9. The molecule has 0 aliphatic heterocycles. The topological polar surface area (TPSA) is 53.6 Å². The van der Waals surface area contributed by atoms with Crippen LogP contribution >= 0.6 is 0 Å². The third-order valence-electron chi connectivity index (χ3n) is 2.98. The van der Waals surface area contributed by atoms with Gasteiger partial charge in [-0.1, -0.05) is 24.3 Å². The standard InChI is InChI=1S/C17H20NO3/c19-12-11-18-9-7-16(8-10-18)2-1-15-3-5-17(6-4-15)21-14-13-20/h1-10,19-20H,11-14H2/q+1/b2-1+. The Hall–Kier alpha value is -2.17. The quantitative estimate of drug-likeness (QED) is 0.759. The van der Waals surface area contributed by atoms with Gasteiger partial charge in [-0.05, 0) is 23.3 Å². The van der Waals surface area contributed by atoms with Crippen molar-refractivity contribution in [3.05, 3.63) is 59.9 Å². The number of hydrogen-bond donors (Lipinski definition) is 2. The molecule has 0 saturated carbocycles. The number of benzene rings is 1. The molecular weight excluding hydrogens is 266 g/mol. The van der Waals surface area contributed by atoms with E-state index >= 15 is 0 Å². The van der Waals surface area contributed by atoms with Crippen molar-refractivity contribution in [3.8, 4) is 5.75 Å². The predicted molar refractivity (Wildman–Crippen MR) is 81.7 cm³/mol. The van der Waals surface area contributed by atoms with Gasteiger partial charge in [-0.15, -0.1) is 0 Å². The normalized spacial score (nSPS) is 11.0. The van der Waals surface area contributed by atoms with Crippen molar-refractivity contribution in [2.75, 3.05) is 19.8 Å². The number of hydrogen-bond acceptors (Lipinski definition) is 3. The van der Waals surface area contributed by atoms with Crippen molar-refractivity contribution in [1.82, 2.24) is 0 Å². The molecule has 2 aromatic rings. The minimum atomic E-state index is 0.0198. The lowest BCUT2D eigenvalue weighted by atomic mass is 10.1. The summed E-state index contributed by atoms with van der Waals surface area (Å²) in [5.41, 5.74) is 2.18. The van der Waals surface area contributed by atoms with Crippen molar-refractivity contribution in [2.24, 2.45) is 0 Å². The number of aromatic nitrogens is 1. The Labute approximate surface area is 124 Å². The van der Waals surface area contributed by atoms with Gasteiger partial charge in [-0.3, -0.25) is 0 Å². The van der Waals surface area contributed by atoms with Crippen LogP contribution in [0.2, 0.25) is 0 Å². The van der Waals surface area contributed by atoms with Crippen molar-refractivity contribution >= 4 is 12.2 Å². The van der Waals surface area contributed by atoms with Gasteiger partial charge in [-0.2, -0.15) is 0 Å². The average Bonchev–Trinajstić information content (AvgIpc) is 2.53. The first kappa shape index (κ1) is 15.2. The van der Waals surface area contributed by atoms with Crippen LogP contribution in [0.5, 0.6) is 5.75 Å². The Morgan fingerprint density at radius 3 is 2.05 bits per heavy atom. The predicted octanol–water partition coefficient (Wildman–Crippen LogP) is 1.51. The number of pyridine rings is 1. The fourth-order valence-electron chi connectivity index (χ4n) is 1.88. The Morgan fingerprint density at radius 2 is 1.48 bits per heavy atom. The molecule has 4 nitrogen and oxygen atoms in total. The largest absolute Gasteiger partial charge is 0.491 e. The monoisotopic (exact) mass is 286 g/mol. The van der Waals surface area contributed by atoms with E-state index in [4.69, 9.17) is 14.9 Å². The maximum absolute atomic E-state index is 8.86. The molecule has 0 fully saturated rings. The van der Waals surface area contributed by atoms with Gasteiger partial charge in [0.1, 0.15) is 19.0 Å². The first-order valence-corrected chi connectivity index (χ1v) is 6.93. The van der Waals surface area contributed by atoms with E-state index < -0.39 is 0 Å². The highest BCUT2D eigenvalue weighted by molar-refractivity contribution is 5.69. The van der Waals surface area contributed by atoms with Crippen LogP contribution in [0.25, 0.3) is 12.2 Å². The first-order valence-electron chi connectivity index (χ1n) is 6.93. The summed E-state index contributed by atoms with van der Waals surface area (Å²) in [6.45, 7) is 1.09. The highest BCUT2D eigenvalue weighted by Gasteiger charge is 1.97. The van der Waals surface area contributed by atoms with Gasteiger partial charge in [0, 0.05) is 12.1 Å². The van der Waals surface area contributed by atoms with E-state index in [2.05, 4.69) is 0 Å². The Bertz CT molecular complexity index is 562. The molecule has 1 aromatic carbocycles. The lowest BCUT2D eigenvalue weighted by Crippen LogP contribution is -2.34. The van der Waals surface area contributed by atoms with E-state index in [0.717, 1.165) is 16.9 Å². The maximum Gasteiger partial charge on any atom is 0.171 e. The van der Waals surface area contributed by atoms with Gasteiger partial charge in [0.15, 0.2) is 18.9 Å². The smallest absolute Gasteiger partial charge is 0.171 e. The molecule has 0 radical (unpaired) electrons. The third-order valence-corrected chi connectivity index (χ3v) is 2.98. The average molecular weight is 286 g/mol. The van der Waals surface area contributed by atoms with Crippen LogP contribution in [0.4, 0.5) is 0 Å². The molecule has 4 heteroatoms. The SMILES string of the molecule is OCCOc1ccc(/C=C/c2cc[n+](CCO)cc2)cc1. The van der Waals surface area contributed by atoms with Gasteiger partial charge >= 0.3 is 0 Å². The molecule has 0 aliphatic carbocycles. The van der Waals surface area contributed by atoms with Crippen LogP contribution in [0.1, 0.15) is 11.1 Å². The van der Waals surface area contributed by atoms with E-state index in [1.165, 1.54) is 0 Å². The van der Waals surface area contributed by atoms with Gasteiger partial charge < -0.3 is 14.9 Å². The number of aliphatic hydroxyl groups excluding tert-OH is 2. The zero-order chi connectivity index (χ0) is 14.9. The second-order valence-corrected chi connectivity index (χ2v) is 4.57. The van der Waals surface area contributed by atoms with Crippen LogP contribution in [0.15, 0.2) is 48.8 Å². The summed E-state index contributed by atoms with van der Waals surface area (Å²) >= 11 is 0. The fourth-order valence-corrected chi connectivity index (χ4v) is 1.88. The minimum Gasteiger partial charge on any atom is -0.491 e. The van der Waals surface area contributed by atoms with Gasteiger partial charge in [0.25, 0.3) is 0 Å². The lowest BCUT2D eigenvalue weighted by Gasteiger charge is -2.03. The zero-order valence-corrected chi connectivity index (χ0v) is 11.9. The van der Waals surface area contributed by atoms with Crippen molar-refractivity contribution in [2.45, 2.75) is 6.54 Å². The van der Waals surface area contributed by atoms with E-state index in [0.29, 0.717) is 13.2 Å². The summed E-state index contributed by atoms with van der Waals surface area (Å²) in [5, 5.41) is 17.6. The molecule has 110 valence electrons. The highest BCUT2D eigenvalue weighted by Crippen LogP contribution is 2.14. The summed E-state index contributed by atoms with van der Waals surface area (Å²) in [6.07, 6.45) is 7.96. The van der Waals surface area contributed by atoms with E-state index in [9.17, 15) is 0 Å². The van der Waals surface area contributed by atoms with Crippen molar-refractivity contribution in [1.29, 1.82) is 0 Å². The number of rotatable bonds is 7. The molecule has 2 rings (SSSR count). The van der Waals surface area contributed by atoms with Crippen LogP contribution < -0.4 is 9.30 Å². The molecule has 0 amide bonds. The molecule has 0 saturated heterocycles. The van der Waals surface area contributed by atoms with Crippen LogP contribution in [-0.2, 0) is 6.54 Å². The Morgan fingerprint density at radius 1 is 0.857 bits per heavy atom. The molecule has 1 aromatic heterocycles. The number of aliphatic hydroxyl groups is 2. The lowest BCUT2D eigenvalue weighted by molar-refractivity contribution is -0.698. The Balaban J connectivity index is 1.96. The number of nitrogens with zero attached hydrogens (tertiary/aromatic N) is 1. The molecule has 2 N–H and O–H groups in total. The molecule has 21 heavy (non-hydrogen) atoms. The van der Waals surface area contributed by atoms with Crippen LogP contribution in [0, 0.1) is 0 Å². The molecule has 0 aliphatic rings. The maximum atomic E-state index is 8.86. The van der Waals surface area contributed by atoms with Crippen molar-refractivity contribution in [3.63, 3.8) is 0 Å². The summed E-state index contributed by atoms with van der Waals surface area (Å²) in [4.78, 5) is 0. The van der Waals surface area contributed by atoms with E-state index in [-0.39, 0.29) is 13.2 Å². The molecule has 0 atom stereocenters. The third kappa shape index (κ3) is 5.02. The van der Waals surface area contributed by atoms with Gasteiger partial charge in [0.2, 0.25) is 0 Å². The van der Waals surface area contributed by atoms with Gasteiger partial charge in [0.05, 0.1) is 6.61 Å². The molecule has 0 bridgehead atoms. The van der Waals surface area contributed by atoms with E-state index in [1.807, 2.05) is 65.5 Å². The fraction of sp³-hybridized carbons (Fsp3) is 0.235. The molecular formula is C17H20NO3+. The van der Waals surface area contributed by atoms with Gasteiger partial charge in [-0.25, -0.2) is 4.57 Å². The highest BCUT2D eigenvalue weighted by atomic mass is 16.5. The summed E-state index contributed by atoms with van der Waals surface area (Å²) in [5.74, 6) is 0.756. The summed E-state index contributed by atoms with van der Waals surface area (Å²) in [7, 11) is 0. The Kier molecular flexibility index (Phi) is 5.94. The van der Waals surface area contributed by atoms with Crippen LogP contribution in [0.3, 0.4) is 0 Å². The minimum absolute atomic E-state index is 0.0198. The molecule has 1 heterocycles. The molecule has 0 spiro atoms. The number of ether oxygens (including phenoxy) is 1. The van der Waals surface area contributed by atoms with Crippen molar-refractivity contribution < 1.29 is 19.5 Å². The summed E-state index contributed by atoms with van der Waals surface area (Å²) < 4.78 is 7.25. The molecule has 0 unspecified atom stereocenters. The van der Waals surface area contributed by atoms with E-state index in [1.54, 1.807) is 0 Å². The summed E-state index contributed by atoms with van der Waals surface area (Å²) in [6, 6.07) is 11.7. The first-order chi connectivity index (χ1) is 10.3. The second-order valence-electron chi connectivity index (χ2n) is 4.57. The van der Waals surface area contributed by atoms with Crippen LogP contribution in [-0.4, -0.2) is 30.0 Å².